The van der Waals surface area contributed by atoms with Crippen molar-refractivity contribution in [3.63, 3.8) is 0 Å². The minimum absolute atomic E-state index is 0.00446. The standard InChI is InChI=1S/C21H20Cl2N2O/c1-25(2)21(26)16-10-4-8-14-12-6-3-7-13(12)19(24-20(14)16)15-9-5-11-17(22)18(15)23/h3-6,8-13,19,24H,7H2,1-2H3. The fourth-order valence-electron chi connectivity index (χ4n) is 4.11. The van der Waals surface area contributed by atoms with Gasteiger partial charge in [0.2, 0.25) is 0 Å². The number of hydrogen-bond acceptors (Lipinski definition) is 2. The Morgan fingerprint density at radius 1 is 1.12 bits per heavy atom. The van der Waals surface area contributed by atoms with E-state index < -0.39 is 0 Å². The van der Waals surface area contributed by atoms with Crippen molar-refractivity contribution in [3.05, 3.63) is 75.3 Å². The molecule has 1 aliphatic carbocycles. The first-order valence-corrected chi connectivity index (χ1v) is 9.46. The van der Waals surface area contributed by atoms with Gasteiger partial charge in [-0.3, -0.25) is 4.79 Å². The fraction of sp³-hybridized carbons (Fsp3) is 0.286. The van der Waals surface area contributed by atoms with Gasteiger partial charge in [-0.2, -0.15) is 0 Å². The second-order valence-electron chi connectivity index (χ2n) is 7.09. The second-order valence-corrected chi connectivity index (χ2v) is 7.87. The first kappa shape index (κ1) is 17.4. The highest BCUT2D eigenvalue weighted by Gasteiger charge is 2.40. The first-order chi connectivity index (χ1) is 12.5. The summed E-state index contributed by atoms with van der Waals surface area (Å²) in [5.74, 6) is 0.607. The van der Waals surface area contributed by atoms with E-state index in [9.17, 15) is 4.79 Å². The predicted molar refractivity (Wildman–Crippen MR) is 107 cm³/mol. The van der Waals surface area contributed by atoms with E-state index in [2.05, 4.69) is 23.5 Å². The molecule has 2 aromatic rings. The SMILES string of the molecule is CN(C)C(=O)c1cccc2c1NC(c1cccc(Cl)c1Cl)C1CC=CC21. The molecule has 5 heteroatoms. The molecule has 3 unspecified atom stereocenters. The number of carbonyl (C=O) groups excluding carboxylic acids is 1. The molecule has 0 saturated carbocycles. The van der Waals surface area contributed by atoms with Crippen LogP contribution in [0.4, 0.5) is 5.69 Å². The Hall–Kier alpha value is -1.97. The molecule has 0 saturated heterocycles. The minimum atomic E-state index is -0.00859. The predicted octanol–water partition coefficient (Wildman–Crippen LogP) is 5.52. The number of amides is 1. The summed E-state index contributed by atoms with van der Waals surface area (Å²) in [5.41, 5.74) is 3.75. The molecule has 26 heavy (non-hydrogen) atoms. The zero-order chi connectivity index (χ0) is 18.4. The molecule has 0 radical (unpaired) electrons. The number of fused-ring (bicyclic) bond motifs is 3. The van der Waals surface area contributed by atoms with Gasteiger partial charge in [-0.1, -0.05) is 59.6 Å². The number of para-hydroxylation sites is 1. The third-order valence-corrected chi connectivity index (χ3v) is 6.18. The largest absolute Gasteiger partial charge is 0.377 e. The summed E-state index contributed by atoms with van der Waals surface area (Å²) in [6, 6.07) is 11.7. The van der Waals surface area contributed by atoms with Gasteiger partial charge < -0.3 is 10.2 Å². The lowest BCUT2D eigenvalue weighted by molar-refractivity contribution is 0.0828. The molecule has 1 aliphatic heterocycles. The maximum atomic E-state index is 12.7. The molecule has 0 spiro atoms. The summed E-state index contributed by atoms with van der Waals surface area (Å²) >= 11 is 12.8. The highest BCUT2D eigenvalue weighted by atomic mass is 35.5. The van der Waals surface area contributed by atoms with E-state index in [4.69, 9.17) is 23.2 Å². The second kappa shape index (κ2) is 6.64. The Labute approximate surface area is 163 Å². The van der Waals surface area contributed by atoms with Crippen LogP contribution in [0.15, 0.2) is 48.6 Å². The Balaban J connectivity index is 1.86. The van der Waals surface area contributed by atoms with Gasteiger partial charge in [0.25, 0.3) is 5.91 Å². The molecule has 134 valence electrons. The summed E-state index contributed by atoms with van der Waals surface area (Å²) in [7, 11) is 3.54. The molecule has 1 amide bonds. The van der Waals surface area contributed by atoms with Gasteiger partial charge in [-0.25, -0.2) is 0 Å². The zero-order valence-electron chi connectivity index (χ0n) is 14.7. The lowest BCUT2D eigenvalue weighted by atomic mass is 9.76. The smallest absolute Gasteiger partial charge is 0.255 e. The Bertz CT molecular complexity index is 907. The third-order valence-electron chi connectivity index (χ3n) is 5.35. The van der Waals surface area contributed by atoms with Crippen LogP contribution in [0.1, 0.15) is 39.9 Å². The average Bonchev–Trinajstić information content (AvgIpc) is 3.12. The molecule has 2 aliphatic rings. The van der Waals surface area contributed by atoms with Crippen LogP contribution < -0.4 is 5.32 Å². The van der Waals surface area contributed by atoms with Crippen molar-refractivity contribution < 1.29 is 4.79 Å². The number of rotatable bonds is 2. The number of nitrogens with zero attached hydrogens (tertiary/aromatic N) is 1. The highest BCUT2D eigenvalue weighted by Crippen LogP contribution is 2.52. The fourth-order valence-corrected chi connectivity index (χ4v) is 4.53. The van der Waals surface area contributed by atoms with Gasteiger partial charge >= 0.3 is 0 Å². The summed E-state index contributed by atoms with van der Waals surface area (Å²) in [6.07, 6.45) is 5.44. The topological polar surface area (TPSA) is 32.3 Å². The Kier molecular flexibility index (Phi) is 4.45. The maximum absolute atomic E-state index is 12.7. The quantitative estimate of drug-likeness (QED) is 0.688. The maximum Gasteiger partial charge on any atom is 0.255 e. The molecule has 0 fully saturated rings. The number of hydrogen-bond donors (Lipinski definition) is 1. The molecule has 3 nitrogen and oxygen atoms in total. The molecule has 0 bridgehead atoms. The molecule has 0 aromatic heterocycles. The molecule has 3 atom stereocenters. The molecular formula is C21H20Cl2N2O. The van der Waals surface area contributed by atoms with Gasteiger partial charge in [-0.15, -0.1) is 0 Å². The van der Waals surface area contributed by atoms with E-state index in [0.717, 1.165) is 17.7 Å². The van der Waals surface area contributed by atoms with Gasteiger partial charge in [0, 0.05) is 20.0 Å². The van der Waals surface area contributed by atoms with Gasteiger partial charge in [0.05, 0.1) is 27.3 Å². The number of anilines is 1. The molecule has 1 N–H and O–H groups in total. The summed E-state index contributed by atoms with van der Waals surface area (Å²) < 4.78 is 0. The summed E-state index contributed by atoms with van der Waals surface area (Å²) in [6.45, 7) is 0. The number of nitrogens with one attached hydrogen (secondary N) is 1. The average molecular weight is 387 g/mol. The van der Waals surface area contributed by atoms with Crippen LogP contribution in [0.2, 0.25) is 10.0 Å². The van der Waals surface area contributed by atoms with Crippen molar-refractivity contribution in [2.24, 2.45) is 5.92 Å². The van der Waals surface area contributed by atoms with Crippen LogP contribution in [-0.2, 0) is 0 Å². The molecular weight excluding hydrogens is 367 g/mol. The van der Waals surface area contributed by atoms with Crippen LogP contribution in [0.5, 0.6) is 0 Å². The Morgan fingerprint density at radius 2 is 1.85 bits per heavy atom. The van der Waals surface area contributed by atoms with Gasteiger partial charge in [0.1, 0.15) is 0 Å². The molecule has 1 heterocycles. The van der Waals surface area contributed by atoms with Crippen LogP contribution in [0.3, 0.4) is 0 Å². The van der Waals surface area contributed by atoms with Crippen molar-refractivity contribution in [1.82, 2.24) is 4.90 Å². The van der Waals surface area contributed by atoms with E-state index in [1.165, 1.54) is 5.56 Å². The van der Waals surface area contributed by atoms with E-state index in [1.54, 1.807) is 25.1 Å². The van der Waals surface area contributed by atoms with Crippen molar-refractivity contribution in [3.8, 4) is 0 Å². The van der Waals surface area contributed by atoms with Crippen molar-refractivity contribution >= 4 is 34.8 Å². The van der Waals surface area contributed by atoms with E-state index >= 15 is 0 Å². The van der Waals surface area contributed by atoms with Crippen molar-refractivity contribution in [1.29, 1.82) is 0 Å². The number of allylic oxidation sites excluding steroid dienone is 2. The van der Waals surface area contributed by atoms with E-state index in [0.29, 0.717) is 21.5 Å². The first-order valence-electron chi connectivity index (χ1n) is 8.70. The number of halogens is 2. The molecule has 2 aromatic carbocycles. The third kappa shape index (κ3) is 2.70. The van der Waals surface area contributed by atoms with Crippen LogP contribution in [-0.4, -0.2) is 24.9 Å². The van der Waals surface area contributed by atoms with Crippen LogP contribution in [0, 0.1) is 5.92 Å². The zero-order valence-corrected chi connectivity index (χ0v) is 16.2. The lowest BCUT2D eigenvalue weighted by Gasteiger charge is -2.39. The van der Waals surface area contributed by atoms with Crippen molar-refractivity contribution in [2.75, 3.05) is 19.4 Å². The minimum Gasteiger partial charge on any atom is -0.377 e. The number of carbonyl (C=O) groups is 1. The Morgan fingerprint density at radius 3 is 2.62 bits per heavy atom. The lowest BCUT2D eigenvalue weighted by Crippen LogP contribution is -2.32. The van der Waals surface area contributed by atoms with Crippen molar-refractivity contribution in [2.45, 2.75) is 18.4 Å². The van der Waals surface area contributed by atoms with Crippen LogP contribution in [0.25, 0.3) is 0 Å². The van der Waals surface area contributed by atoms with Gasteiger partial charge in [0.15, 0.2) is 0 Å². The van der Waals surface area contributed by atoms with Crippen LogP contribution >= 0.6 is 23.2 Å². The molecule has 4 rings (SSSR count). The highest BCUT2D eigenvalue weighted by molar-refractivity contribution is 6.42. The van der Waals surface area contributed by atoms with E-state index in [1.807, 2.05) is 24.3 Å². The number of benzene rings is 2. The summed E-state index contributed by atoms with van der Waals surface area (Å²) in [5, 5.41) is 4.76. The van der Waals surface area contributed by atoms with E-state index in [-0.39, 0.29) is 17.9 Å². The van der Waals surface area contributed by atoms with Gasteiger partial charge in [-0.05, 0) is 35.6 Å². The monoisotopic (exact) mass is 386 g/mol. The summed E-state index contributed by atoms with van der Waals surface area (Å²) in [4.78, 5) is 14.3. The normalized spacial score (nSPS) is 23.2.